The molecule has 2 aromatic rings. The van der Waals surface area contributed by atoms with Crippen molar-refractivity contribution in [3.05, 3.63) is 64.4 Å². The number of esters is 1. The Morgan fingerprint density at radius 2 is 2.04 bits per heavy atom. The van der Waals surface area contributed by atoms with Gasteiger partial charge in [0.05, 0.1) is 11.3 Å². The molecule has 0 saturated heterocycles. The zero-order valence-electron chi connectivity index (χ0n) is 12.9. The molecule has 5 nitrogen and oxygen atoms in total. The summed E-state index contributed by atoms with van der Waals surface area (Å²) in [6, 6.07) is 11.0. The number of para-hydroxylation sites is 1. The first-order valence-corrected chi connectivity index (χ1v) is 7.75. The van der Waals surface area contributed by atoms with Crippen molar-refractivity contribution in [1.82, 2.24) is 0 Å². The molecule has 0 aromatic heterocycles. The third-order valence-corrected chi connectivity index (χ3v) is 3.67. The van der Waals surface area contributed by atoms with Crippen LogP contribution >= 0.6 is 11.6 Å². The van der Waals surface area contributed by atoms with Crippen LogP contribution in [0.1, 0.15) is 5.56 Å². The molecule has 0 fully saturated rings. The summed E-state index contributed by atoms with van der Waals surface area (Å²) in [5, 5.41) is 2.57. The second-order valence-electron chi connectivity index (χ2n) is 5.24. The number of anilines is 1. The van der Waals surface area contributed by atoms with Crippen LogP contribution in [0.2, 0.25) is 5.02 Å². The molecule has 2 aromatic carbocycles. The predicted molar refractivity (Wildman–Crippen MR) is 90.9 cm³/mol. The van der Waals surface area contributed by atoms with E-state index < -0.39 is 24.3 Å². The van der Waals surface area contributed by atoms with Gasteiger partial charge in [-0.1, -0.05) is 29.8 Å². The number of nitrogens with one attached hydrogen (secondary N) is 1. The average Bonchev–Trinajstić information content (AvgIpc) is 2.62. The van der Waals surface area contributed by atoms with Gasteiger partial charge < -0.3 is 14.8 Å². The van der Waals surface area contributed by atoms with Gasteiger partial charge >= 0.3 is 5.97 Å². The molecule has 1 aliphatic heterocycles. The Bertz CT molecular complexity index is 866. The topological polar surface area (TPSA) is 64.6 Å². The smallest absolute Gasteiger partial charge is 0.338 e. The highest BCUT2D eigenvalue weighted by Crippen LogP contribution is 2.26. The van der Waals surface area contributed by atoms with Crippen LogP contribution in [0.5, 0.6) is 5.75 Å². The SMILES string of the molecule is O=C(COC(=O)C1=Cc2ccccc2OC1)Nc1cc(Cl)ccc1F. The number of amides is 1. The summed E-state index contributed by atoms with van der Waals surface area (Å²) in [5.41, 5.74) is 0.967. The summed E-state index contributed by atoms with van der Waals surface area (Å²) in [6.07, 6.45) is 1.65. The van der Waals surface area contributed by atoms with Gasteiger partial charge in [0.1, 0.15) is 18.2 Å². The minimum absolute atomic E-state index is 0.0559. The van der Waals surface area contributed by atoms with E-state index in [0.717, 1.165) is 11.6 Å². The van der Waals surface area contributed by atoms with Crippen molar-refractivity contribution >= 4 is 35.2 Å². The van der Waals surface area contributed by atoms with Crippen LogP contribution in [0.25, 0.3) is 6.08 Å². The second-order valence-corrected chi connectivity index (χ2v) is 5.68. The fourth-order valence-electron chi connectivity index (χ4n) is 2.24. The van der Waals surface area contributed by atoms with Crippen LogP contribution in [0.15, 0.2) is 48.0 Å². The number of rotatable bonds is 4. The number of hydrogen-bond acceptors (Lipinski definition) is 4. The van der Waals surface area contributed by atoms with E-state index in [1.54, 1.807) is 18.2 Å². The molecule has 0 saturated carbocycles. The van der Waals surface area contributed by atoms with Gasteiger partial charge in [0.2, 0.25) is 0 Å². The van der Waals surface area contributed by atoms with Crippen LogP contribution < -0.4 is 10.1 Å². The van der Waals surface area contributed by atoms with E-state index in [4.69, 9.17) is 21.1 Å². The molecule has 0 unspecified atom stereocenters. The molecule has 0 spiro atoms. The second kappa shape index (κ2) is 7.36. The molecule has 1 N–H and O–H groups in total. The maximum atomic E-state index is 13.6. The fourth-order valence-corrected chi connectivity index (χ4v) is 2.41. The standard InChI is InChI=1S/C18H13ClFNO4/c19-13-5-6-14(20)15(8-13)21-17(22)10-25-18(23)12-7-11-3-1-2-4-16(11)24-9-12/h1-8H,9-10H2,(H,21,22). The molecule has 0 radical (unpaired) electrons. The normalized spacial score (nSPS) is 12.5. The maximum Gasteiger partial charge on any atom is 0.338 e. The van der Waals surface area contributed by atoms with Crippen LogP contribution in [0.3, 0.4) is 0 Å². The van der Waals surface area contributed by atoms with Crippen molar-refractivity contribution in [2.24, 2.45) is 0 Å². The number of carbonyl (C=O) groups excluding carboxylic acids is 2. The van der Waals surface area contributed by atoms with Crippen LogP contribution in [-0.4, -0.2) is 25.1 Å². The van der Waals surface area contributed by atoms with E-state index in [9.17, 15) is 14.0 Å². The molecule has 1 amide bonds. The first kappa shape index (κ1) is 17.0. The first-order chi connectivity index (χ1) is 12.0. The van der Waals surface area contributed by atoms with Gasteiger partial charge in [-0.3, -0.25) is 4.79 Å². The fraction of sp³-hybridized carbons (Fsp3) is 0.111. The highest BCUT2D eigenvalue weighted by Gasteiger charge is 2.19. The zero-order chi connectivity index (χ0) is 17.8. The Morgan fingerprint density at radius 3 is 2.88 bits per heavy atom. The van der Waals surface area contributed by atoms with Gasteiger partial charge in [-0.05, 0) is 30.3 Å². The number of ether oxygens (including phenoxy) is 2. The first-order valence-electron chi connectivity index (χ1n) is 7.37. The molecule has 0 atom stereocenters. The van der Waals surface area contributed by atoms with Gasteiger partial charge in [-0.25, -0.2) is 9.18 Å². The Kier molecular flexibility index (Phi) is 5.00. The van der Waals surface area contributed by atoms with E-state index in [0.29, 0.717) is 11.3 Å². The quantitative estimate of drug-likeness (QED) is 0.847. The highest BCUT2D eigenvalue weighted by atomic mass is 35.5. The molecular weight excluding hydrogens is 349 g/mol. The van der Waals surface area contributed by atoms with E-state index in [2.05, 4.69) is 5.32 Å². The summed E-state index contributed by atoms with van der Waals surface area (Å²) in [4.78, 5) is 23.9. The average molecular weight is 362 g/mol. The van der Waals surface area contributed by atoms with Gasteiger partial charge in [-0.15, -0.1) is 0 Å². The van der Waals surface area contributed by atoms with E-state index in [-0.39, 0.29) is 17.3 Å². The molecule has 7 heteroatoms. The molecule has 0 aliphatic carbocycles. The molecule has 1 heterocycles. The van der Waals surface area contributed by atoms with Crippen molar-refractivity contribution < 1.29 is 23.5 Å². The summed E-state index contributed by atoms with van der Waals surface area (Å²) in [6.45, 7) is -0.496. The molecule has 3 rings (SSSR count). The monoisotopic (exact) mass is 361 g/mol. The summed E-state index contributed by atoms with van der Waals surface area (Å²) >= 11 is 5.75. The molecule has 25 heavy (non-hydrogen) atoms. The largest absolute Gasteiger partial charge is 0.488 e. The number of fused-ring (bicyclic) bond motifs is 1. The lowest BCUT2D eigenvalue weighted by atomic mass is 10.1. The summed E-state index contributed by atoms with van der Waals surface area (Å²) in [7, 11) is 0. The Labute approximate surface area is 148 Å². The lowest BCUT2D eigenvalue weighted by Crippen LogP contribution is -2.24. The van der Waals surface area contributed by atoms with Gasteiger partial charge in [0, 0.05) is 10.6 Å². The lowest BCUT2D eigenvalue weighted by Gasteiger charge is -2.16. The van der Waals surface area contributed by atoms with Crippen molar-refractivity contribution in [1.29, 1.82) is 0 Å². The van der Waals surface area contributed by atoms with Gasteiger partial charge in [-0.2, -0.15) is 0 Å². The van der Waals surface area contributed by atoms with E-state index in [1.165, 1.54) is 12.1 Å². The van der Waals surface area contributed by atoms with Gasteiger partial charge in [0.25, 0.3) is 5.91 Å². The Hall–Kier alpha value is -2.86. The molecular formula is C18H13ClFNO4. The predicted octanol–water partition coefficient (Wildman–Crippen LogP) is 3.44. The Morgan fingerprint density at radius 1 is 1.24 bits per heavy atom. The number of carbonyl (C=O) groups is 2. The van der Waals surface area contributed by atoms with Crippen molar-refractivity contribution in [2.45, 2.75) is 0 Å². The van der Waals surface area contributed by atoms with E-state index in [1.807, 2.05) is 12.1 Å². The van der Waals surface area contributed by atoms with Crippen molar-refractivity contribution in [3.63, 3.8) is 0 Å². The van der Waals surface area contributed by atoms with Crippen molar-refractivity contribution in [3.8, 4) is 5.75 Å². The van der Waals surface area contributed by atoms with Crippen molar-refractivity contribution in [2.75, 3.05) is 18.5 Å². The third-order valence-electron chi connectivity index (χ3n) is 3.43. The minimum Gasteiger partial charge on any atom is -0.488 e. The van der Waals surface area contributed by atoms with Crippen LogP contribution in [0.4, 0.5) is 10.1 Å². The zero-order valence-corrected chi connectivity index (χ0v) is 13.7. The lowest BCUT2D eigenvalue weighted by molar-refractivity contribution is -0.143. The van der Waals surface area contributed by atoms with E-state index >= 15 is 0 Å². The maximum absolute atomic E-state index is 13.6. The molecule has 1 aliphatic rings. The van der Waals surface area contributed by atoms with Gasteiger partial charge in [0.15, 0.2) is 6.61 Å². The molecule has 128 valence electrons. The number of benzene rings is 2. The highest BCUT2D eigenvalue weighted by molar-refractivity contribution is 6.30. The van der Waals surface area contributed by atoms with Crippen LogP contribution in [-0.2, 0) is 14.3 Å². The molecule has 0 bridgehead atoms. The number of hydrogen-bond donors (Lipinski definition) is 1. The summed E-state index contributed by atoms with van der Waals surface area (Å²) in [5.74, 6) is -1.30. The third kappa shape index (κ3) is 4.16. The summed E-state index contributed by atoms with van der Waals surface area (Å²) < 4.78 is 24.0. The Balaban J connectivity index is 1.58. The number of halogens is 2. The minimum atomic E-state index is -0.674. The van der Waals surface area contributed by atoms with Crippen LogP contribution in [0, 0.1) is 5.82 Å².